The van der Waals surface area contributed by atoms with Gasteiger partial charge < -0.3 is 10.5 Å². The molecule has 0 saturated carbocycles. The molecule has 1 aromatic heterocycles. The molecule has 20 heavy (non-hydrogen) atoms. The maximum Gasteiger partial charge on any atom is 0.141 e. The van der Waals surface area contributed by atoms with Gasteiger partial charge in [0.05, 0.1) is 4.47 Å². The third-order valence-corrected chi connectivity index (χ3v) is 3.55. The van der Waals surface area contributed by atoms with E-state index in [1.165, 1.54) is 12.1 Å². The molecule has 1 heterocycles. The highest BCUT2D eigenvalue weighted by Gasteiger charge is 2.09. The standard InChI is InChI=1S/C15H10BrFN2O/c16-12-7-9(17)1-3-15(12)20-14-4-2-13(18)10-5-6-19-8-11(10)14/h1-8H,18H2. The second-order valence-corrected chi connectivity index (χ2v) is 5.11. The fraction of sp³-hybridized carbons (Fsp3) is 0. The van der Waals surface area contributed by atoms with E-state index < -0.39 is 0 Å². The minimum atomic E-state index is -0.326. The number of halogens is 2. The first kappa shape index (κ1) is 12.9. The van der Waals surface area contributed by atoms with Gasteiger partial charge in [-0.25, -0.2) is 4.39 Å². The number of ether oxygens (including phenoxy) is 1. The molecular weight excluding hydrogens is 323 g/mol. The summed E-state index contributed by atoms with van der Waals surface area (Å²) in [7, 11) is 0. The normalized spacial score (nSPS) is 10.7. The Labute approximate surface area is 123 Å². The zero-order valence-electron chi connectivity index (χ0n) is 10.3. The van der Waals surface area contributed by atoms with Crippen LogP contribution in [0.25, 0.3) is 10.8 Å². The molecule has 100 valence electrons. The van der Waals surface area contributed by atoms with Crippen LogP contribution in [0, 0.1) is 5.82 Å². The number of pyridine rings is 1. The minimum Gasteiger partial charge on any atom is -0.455 e. The van der Waals surface area contributed by atoms with Gasteiger partial charge in [0, 0.05) is 28.9 Å². The first-order valence-electron chi connectivity index (χ1n) is 5.90. The van der Waals surface area contributed by atoms with Crippen molar-refractivity contribution in [3.05, 3.63) is 59.1 Å². The van der Waals surface area contributed by atoms with Crippen LogP contribution in [0.15, 0.2) is 53.3 Å². The van der Waals surface area contributed by atoms with E-state index in [-0.39, 0.29) is 5.82 Å². The molecule has 0 unspecified atom stereocenters. The lowest BCUT2D eigenvalue weighted by Gasteiger charge is -2.11. The van der Waals surface area contributed by atoms with Crippen LogP contribution in [0.3, 0.4) is 0 Å². The Morgan fingerprint density at radius 2 is 1.85 bits per heavy atom. The molecule has 3 rings (SSSR count). The van der Waals surface area contributed by atoms with Gasteiger partial charge >= 0.3 is 0 Å². The van der Waals surface area contributed by atoms with E-state index in [2.05, 4.69) is 20.9 Å². The van der Waals surface area contributed by atoms with E-state index in [4.69, 9.17) is 10.5 Å². The number of nitrogens with two attached hydrogens (primary N) is 1. The molecular formula is C15H10BrFN2O. The molecule has 0 spiro atoms. The number of nitrogens with zero attached hydrogens (tertiary/aromatic N) is 1. The van der Waals surface area contributed by atoms with Crippen LogP contribution in [0.5, 0.6) is 11.5 Å². The lowest BCUT2D eigenvalue weighted by Crippen LogP contribution is -1.92. The number of aromatic nitrogens is 1. The third kappa shape index (κ3) is 2.32. The molecule has 0 fully saturated rings. The molecule has 5 heteroatoms. The van der Waals surface area contributed by atoms with E-state index in [0.29, 0.717) is 21.7 Å². The smallest absolute Gasteiger partial charge is 0.141 e. The Balaban J connectivity index is 2.09. The summed E-state index contributed by atoms with van der Waals surface area (Å²) >= 11 is 3.28. The number of benzene rings is 2. The van der Waals surface area contributed by atoms with E-state index in [0.717, 1.165) is 10.8 Å². The molecule has 3 aromatic rings. The summed E-state index contributed by atoms with van der Waals surface area (Å²) in [6, 6.07) is 9.64. The highest BCUT2D eigenvalue weighted by atomic mass is 79.9. The van der Waals surface area contributed by atoms with Gasteiger partial charge in [-0.05, 0) is 52.3 Å². The van der Waals surface area contributed by atoms with Crippen LogP contribution >= 0.6 is 15.9 Å². The van der Waals surface area contributed by atoms with Crippen LogP contribution < -0.4 is 10.5 Å². The summed E-state index contributed by atoms with van der Waals surface area (Å²) in [5, 5.41) is 1.68. The molecule has 3 nitrogen and oxygen atoms in total. The Kier molecular flexibility index (Phi) is 3.28. The van der Waals surface area contributed by atoms with Gasteiger partial charge in [0.2, 0.25) is 0 Å². The van der Waals surface area contributed by atoms with Gasteiger partial charge in [0.25, 0.3) is 0 Å². The maximum atomic E-state index is 13.1. The molecule has 0 aliphatic carbocycles. The van der Waals surface area contributed by atoms with Crippen molar-refractivity contribution in [2.45, 2.75) is 0 Å². The van der Waals surface area contributed by atoms with E-state index in [1.807, 2.05) is 6.07 Å². The summed E-state index contributed by atoms with van der Waals surface area (Å²) in [6.45, 7) is 0. The lowest BCUT2D eigenvalue weighted by atomic mass is 10.1. The number of nitrogen functional groups attached to an aromatic ring is 1. The second-order valence-electron chi connectivity index (χ2n) is 4.25. The predicted octanol–water partition coefficient (Wildman–Crippen LogP) is 4.51. The highest BCUT2D eigenvalue weighted by Crippen LogP contribution is 2.35. The van der Waals surface area contributed by atoms with Gasteiger partial charge in [-0.15, -0.1) is 0 Å². The average Bonchev–Trinajstić information content (AvgIpc) is 2.45. The quantitative estimate of drug-likeness (QED) is 0.702. The largest absolute Gasteiger partial charge is 0.455 e. The summed E-state index contributed by atoms with van der Waals surface area (Å²) in [5.41, 5.74) is 6.59. The zero-order chi connectivity index (χ0) is 14.1. The van der Waals surface area contributed by atoms with Crippen LogP contribution in [-0.4, -0.2) is 4.98 Å². The van der Waals surface area contributed by atoms with Gasteiger partial charge in [-0.2, -0.15) is 0 Å². The Bertz CT molecular complexity index is 792. The van der Waals surface area contributed by atoms with Gasteiger partial charge in [-0.1, -0.05) is 0 Å². The Hall–Kier alpha value is -2.14. The summed E-state index contributed by atoms with van der Waals surface area (Å²) in [6.07, 6.45) is 3.37. The number of hydrogen-bond acceptors (Lipinski definition) is 3. The van der Waals surface area contributed by atoms with Crippen molar-refractivity contribution in [2.75, 3.05) is 5.73 Å². The molecule has 2 N–H and O–H groups in total. The number of anilines is 1. The minimum absolute atomic E-state index is 0.326. The van der Waals surface area contributed by atoms with Crippen LogP contribution in [0.2, 0.25) is 0 Å². The van der Waals surface area contributed by atoms with Crippen molar-refractivity contribution in [3.63, 3.8) is 0 Å². The molecule has 0 radical (unpaired) electrons. The highest BCUT2D eigenvalue weighted by molar-refractivity contribution is 9.10. The molecule has 0 bridgehead atoms. The maximum absolute atomic E-state index is 13.1. The fourth-order valence-corrected chi connectivity index (χ4v) is 2.38. The molecule has 0 atom stereocenters. The van der Waals surface area contributed by atoms with Gasteiger partial charge in [-0.3, -0.25) is 4.98 Å². The van der Waals surface area contributed by atoms with Crippen molar-refractivity contribution >= 4 is 32.4 Å². The first-order valence-corrected chi connectivity index (χ1v) is 6.69. The van der Waals surface area contributed by atoms with Crippen molar-refractivity contribution in [2.24, 2.45) is 0 Å². The third-order valence-electron chi connectivity index (χ3n) is 2.93. The lowest BCUT2D eigenvalue weighted by molar-refractivity contribution is 0.482. The summed E-state index contributed by atoms with van der Waals surface area (Å²) in [5.74, 6) is 0.823. The molecule has 2 aromatic carbocycles. The van der Waals surface area contributed by atoms with E-state index in [9.17, 15) is 4.39 Å². The SMILES string of the molecule is Nc1ccc(Oc2ccc(F)cc2Br)c2cnccc12. The first-order chi connectivity index (χ1) is 9.65. The monoisotopic (exact) mass is 332 g/mol. The van der Waals surface area contributed by atoms with E-state index >= 15 is 0 Å². The van der Waals surface area contributed by atoms with Crippen molar-refractivity contribution < 1.29 is 9.13 Å². The summed E-state index contributed by atoms with van der Waals surface area (Å²) in [4.78, 5) is 4.09. The number of hydrogen-bond donors (Lipinski definition) is 1. The van der Waals surface area contributed by atoms with Gasteiger partial charge in [0.15, 0.2) is 0 Å². The van der Waals surface area contributed by atoms with Gasteiger partial charge in [0.1, 0.15) is 17.3 Å². The topological polar surface area (TPSA) is 48.1 Å². The van der Waals surface area contributed by atoms with Crippen LogP contribution in [0.1, 0.15) is 0 Å². The summed E-state index contributed by atoms with van der Waals surface area (Å²) < 4.78 is 19.5. The molecule has 0 amide bonds. The predicted molar refractivity (Wildman–Crippen MR) is 80.3 cm³/mol. The number of rotatable bonds is 2. The van der Waals surface area contributed by atoms with Crippen LogP contribution in [-0.2, 0) is 0 Å². The Morgan fingerprint density at radius 3 is 2.65 bits per heavy atom. The molecule has 0 aliphatic heterocycles. The number of fused-ring (bicyclic) bond motifs is 1. The fourth-order valence-electron chi connectivity index (χ4n) is 1.95. The van der Waals surface area contributed by atoms with Crippen LogP contribution in [0.4, 0.5) is 10.1 Å². The van der Waals surface area contributed by atoms with Crippen molar-refractivity contribution in [1.29, 1.82) is 0 Å². The van der Waals surface area contributed by atoms with Crippen molar-refractivity contribution in [1.82, 2.24) is 4.98 Å². The Morgan fingerprint density at radius 1 is 1.05 bits per heavy atom. The molecule has 0 saturated heterocycles. The molecule has 0 aliphatic rings. The van der Waals surface area contributed by atoms with Crippen molar-refractivity contribution in [3.8, 4) is 11.5 Å². The second kappa shape index (κ2) is 5.09. The average molecular weight is 333 g/mol. The van der Waals surface area contributed by atoms with E-state index in [1.54, 1.807) is 30.6 Å². The zero-order valence-corrected chi connectivity index (χ0v) is 11.9.